The van der Waals surface area contributed by atoms with Crippen LogP contribution in [0, 0.1) is 0 Å². The van der Waals surface area contributed by atoms with E-state index in [2.05, 4.69) is 22.2 Å². The summed E-state index contributed by atoms with van der Waals surface area (Å²) < 4.78 is 0. The average molecular weight is 393 g/mol. The van der Waals surface area contributed by atoms with Crippen LogP contribution < -0.4 is 5.32 Å². The van der Waals surface area contributed by atoms with Crippen molar-refractivity contribution in [2.24, 2.45) is 0 Å². The molecular formula is C22H21ClN4O. The number of carbonyl (C=O) groups excluding carboxylic acids is 1. The Balaban J connectivity index is 1.48. The number of carbonyl (C=O) groups is 1. The van der Waals surface area contributed by atoms with Crippen LogP contribution in [0.15, 0.2) is 60.8 Å². The third kappa shape index (κ3) is 3.99. The quantitative estimate of drug-likeness (QED) is 0.665. The molecule has 1 aromatic heterocycles. The van der Waals surface area contributed by atoms with Gasteiger partial charge in [0.2, 0.25) is 5.95 Å². The molecular weight excluding hydrogens is 372 g/mol. The van der Waals surface area contributed by atoms with Gasteiger partial charge in [0, 0.05) is 40.6 Å². The molecule has 1 unspecified atom stereocenters. The van der Waals surface area contributed by atoms with Gasteiger partial charge in [0.05, 0.1) is 5.69 Å². The number of halogens is 1. The van der Waals surface area contributed by atoms with E-state index < -0.39 is 0 Å². The van der Waals surface area contributed by atoms with Crippen LogP contribution in [0.5, 0.6) is 0 Å². The Bertz CT molecular complexity index is 973. The summed E-state index contributed by atoms with van der Waals surface area (Å²) in [7, 11) is 0. The number of anilines is 2. The first kappa shape index (κ1) is 18.4. The Labute approximate surface area is 169 Å². The molecule has 28 heavy (non-hydrogen) atoms. The Morgan fingerprint density at radius 1 is 1.11 bits per heavy atom. The van der Waals surface area contributed by atoms with Gasteiger partial charge in [-0.2, -0.15) is 0 Å². The summed E-state index contributed by atoms with van der Waals surface area (Å²) in [6.45, 7) is 2.94. The van der Waals surface area contributed by atoms with E-state index in [1.165, 1.54) is 0 Å². The van der Waals surface area contributed by atoms with Crippen LogP contribution in [-0.2, 0) is 0 Å². The van der Waals surface area contributed by atoms with Crippen LogP contribution in [0.3, 0.4) is 0 Å². The Morgan fingerprint density at radius 2 is 1.86 bits per heavy atom. The topological polar surface area (TPSA) is 58.1 Å². The summed E-state index contributed by atoms with van der Waals surface area (Å²) in [6.07, 6.45) is 3.87. The SMILES string of the molecule is CC1CCCN1C(=O)c1ccc(Nc2nccc(-c3ccc(Cl)cc3)n2)cc1. The first-order valence-corrected chi connectivity index (χ1v) is 9.75. The largest absolute Gasteiger partial charge is 0.336 e. The van der Waals surface area contributed by atoms with Crippen molar-refractivity contribution in [3.05, 3.63) is 71.4 Å². The lowest BCUT2D eigenvalue weighted by molar-refractivity contribution is 0.0747. The summed E-state index contributed by atoms with van der Waals surface area (Å²) in [4.78, 5) is 23.4. The van der Waals surface area contributed by atoms with E-state index >= 15 is 0 Å². The van der Waals surface area contributed by atoms with Gasteiger partial charge in [-0.25, -0.2) is 9.97 Å². The standard InChI is InChI=1S/C22H21ClN4O/c1-15-3-2-14-27(15)21(28)17-6-10-19(11-7-17)25-22-24-13-12-20(26-22)16-4-8-18(23)9-5-16/h4-13,15H,2-3,14H2,1H3,(H,24,25,26). The molecule has 1 fully saturated rings. The molecule has 0 radical (unpaired) electrons. The van der Waals surface area contributed by atoms with Gasteiger partial charge in [0.1, 0.15) is 0 Å². The van der Waals surface area contributed by atoms with Gasteiger partial charge in [-0.1, -0.05) is 23.7 Å². The molecule has 0 bridgehead atoms. The number of amides is 1. The fourth-order valence-corrected chi connectivity index (χ4v) is 3.55. The second-order valence-corrected chi connectivity index (χ2v) is 7.40. The van der Waals surface area contributed by atoms with Gasteiger partial charge in [-0.15, -0.1) is 0 Å². The minimum absolute atomic E-state index is 0.0949. The minimum Gasteiger partial charge on any atom is -0.336 e. The molecule has 5 nitrogen and oxygen atoms in total. The molecule has 6 heteroatoms. The van der Waals surface area contributed by atoms with Crippen LogP contribution >= 0.6 is 11.6 Å². The van der Waals surface area contributed by atoms with E-state index in [1.54, 1.807) is 6.20 Å². The summed E-state index contributed by atoms with van der Waals surface area (Å²) in [6, 6.07) is 17.1. The molecule has 0 saturated carbocycles. The van der Waals surface area contributed by atoms with Gasteiger partial charge < -0.3 is 10.2 Å². The van der Waals surface area contributed by atoms with Crippen molar-refractivity contribution in [3.63, 3.8) is 0 Å². The van der Waals surface area contributed by atoms with Gasteiger partial charge >= 0.3 is 0 Å². The van der Waals surface area contributed by atoms with E-state index in [0.29, 0.717) is 22.6 Å². The minimum atomic E-state index is 0.0949. The highest BCUT2D eigenvalue weighted by molar-refractivity contribution is 6.30. The van der Waals surface area contributed by atoms with Crippen molar-refractivity contribution in [1.82, 2.24) is 14.9 Å². The normalized spacial score (nSPS) is 16.2. The first-order chi connectivity index (χ1) is 13.6. The third-order valence-corrected chi connectivity index (χ3v) is 5.25. The van der Waals surface area contributed by atoms with E-state index in [4.69, 9.17) is 11.6 Å². The molecule has 1 aliphatic heterocycles. The van der Waals surface area contributed by atoms with Crippen LogP contribution in [0.1, 0.15) is 30.1 Å². The molecule has 2 heterocycles. The number of benzene rings is 2. The predicted molar refractivity (Wildman–Crippen MR) is 112 cm³/mol. The highest BCUT2D eigenvalue weighted by Crippen LogP contribution is 2.23. The monoisotopic (exact) mass is 392 g/mol. The molecule has 2 aromatic carbocycles. The lowest BCUT2D eigenvalue weighted by atomic mass is 10.1. The van der Waals surface area contributed by atoms with Crippen molar-refractivity contribution in [3.8, 4) is 11.3 Å². The number of nitrogens with one attached hydrogen (secondary N) is 1. The third-order valence-electron chi connectivity index (χ3n) is 5.00. The molecule has 1 saturated heterocycles. The Morgan fingerprint density at radius 3 is 2.54 bits per heavy atom. The van der Waals surface area contributed by atoms with Crippen LogP contribution in [0.4, 0.5) is 11.6 Å². The second kappa shape index (κ2) is 7.98. The van der Waals surface area contributed by atoms with Gasteiger partial charge in [0.25, 0.3) is 5.91 Å². The number of nitrogens with zero attached hydrogens (tertiary/aromatic N) is 3. The lowest BCUT2D eigenvalue weighted by Gasteiger charge is -2.21. The van der Waals surface area contributed by atoms with Crippen molar-refractivity contribution in [2.75, 3.05) is 11.9 Å². The Kier molecular flexibility index (Phi) is 5.26. The van der Waals surface area contributed by atoms with E-state index in [9.17, 15) is 4.79 Å². The molecule has 1 aliphatic rings. The lowest BCUT2D eigenvalue weighted by Crippen LogP contribution is -2.33. The summed E-state index contributed by atoms with van der Waals surface area (Å²) in [5, 5.41) is 3.89. The van der Waals surface area contributed by atoms with Crippen molar-refractivity contribution in [1.29, 1.82) is 0 Å². The van der Waals surface area contributed by atoms with Crippen LogP contribution in [0.2, 0.25) is 5.02 Å². The van der Waals surface area contributed by atoms with E-state index in [0.717, 1.165) is 36.3 Å². The highest BCUT2D eigenvalue weighted by Gasteiger charge is 2.25. The smallest absolute Gasteiger partial charge is 0.254 e. The van der Waals surface area contributed by atoms with Crippen molar-refractivity contribution in [2.45, 2.75) is 25.8 Å². The van der Waals surface area contributed by atoms with Crippen LogP contribution in [-0.4, -0.2) is 33.4 Å². The number of hydrogen-bond donors (Lipinski definition) is 1. The fourth-order valence-electron chi connectivity index (χ4n) is 3.43. The molecule has 1 N–H and O–H groups in total. The van der Waals surface area contributed by atoms with Crippen molar-refractivity contribution < 1.29 is 4.79 Å². The molecule has 1 atom stereocenters. The molecule has 3 aromatic rings. The number of rotatable bonds is 4. The summed E-state index contributed by atoms with van der Waals surface area (Å²) in [5.41, 5.74) is 3.31. The Hall–Kier alpha value is -2.92. The fraction of sp³-hybridized carbons (Fsp3) is 0.227. The highest BCUT2D eigenvalue weighted by atomic mass is 35.5. The van der Waals surface area contributed by atoms with E-state index in [1.807, 2.05) is 59.5 Å². The zero-order valence-corrected chi connectivity index (χ0v) is 16.4. The molecule has 0 aliphatic carbocycles. The maximum Gasteiger partial charge on any atom is 0.254 e. The molecule has 4 rings (SSSR count). The van der Waals surface area contributed by atoms with Crippen molar-refractivity contribution >= 4 is 29.1 Å². The zero-order valence-electron chi connectivity index (χ0n) is 15.6. The van der Waals surface area contributed by atoms with Gasteiger partial charge in [-0.3, -0.25) is 4.79 Å². The van der Waals surface area contributed by atoms with Gasteiger partial charge in [-0.05, 0) is 62.2 Å². The predicted octanol–water partition coefficient (Wildman–Crippen LogP) is 5.17. The first-order valence-electron chi connectivity index (χ1n) is 9.37. The zero-order chi connectivity index (χ0) is 19.5. The maximum absolute atomic E-state index is 12.6. The second-order valence-electron chi connectivity index (χ2n) is 6.96. The number of aromatic nitrogens is 2. The summed E-state index contributed by atoms with van der Waals surface area (Å²) >= 11 is 5.95. The molecule has 0 spiro atoms. The maximum atomic E-state index is 12.6. The average Bonchev–Trinajstić information content (AvgIpc) is 3.15. The molecule has 1 amide bonds. The molecule has 142 valence electrons. The van der Waals surface area contributed by atoms with Crippen LogP contribution in [0.25, 0.3) is 11.3 Å². The van der Waals surface area contributed by atoms with E-state index in [-0.39, 0.29) is 5.91 Å². The number of hydrogen-bond acceptors (Lipinski definition) is 4. The number of likely N-dealkylation sites (tertiary alicyclic amines) is 1. The summed E-state index contributed by atoms with van der Waals surface area (Å²) in [5.74, 6) is 0.595. The van der Waals surface area contributed by atoms with Gasteiger partial charge in [0.15, 0.2) is 0 Å².